The highest BCUT2D eigenvalue weighted by Crippen LogP contribution is 2.21. The van der Waals surface area contributed by atoms with Crippen molar-refractivity contribution in [3.05, 3.63) is 59.4 Å². The first-order valence-electron chi connectivity index (χ1n) is 9.85. The third kappa shape index (κ3) is 5.47. The van der Waals surface area contributed by atoms with Gasteiger partial charge >= 0.3 is 0 Å². The van der Waals surface area contributed by atoms with E-state index < -0.39 is 0 Å². The van der Waals surface area contributed by atoms with Crippen molar-refractivity contribution in [3.63, 3.8) is 0 Å². The highest BCUT2D eigenvalue weighted by molar-refractivity contribution is 5.95. The fourth-order valence-corrected chi connectivity index (χ4v) is 3.23. The Morgan fingerprint density at radius 1 is 1.14 bits per heavy atom. The highest BCUT2D eigenvalue weighted by atomic mass is 19.1. The van der Waals surface area contributed by atoms with Crippen molar-refractivity contribution in [2.24, 2.45) is 4.99 Å². The van der Waals surface area contributed by atoms with Gasteiger partial charge in [-0.3, -0.25) is 9.79 Å². The van der Waals surface area contributed by atoms with E-state index in [9.17, 15) is 9.18 Å². The van der Waals surface area contributed by atoms with Crippen molar-refractivity contribution < 1.29 is 13.9 Å². The molecule has 1 saturated heterocycles. The van der Waals surface area contributed by atoms with Gasteiger partial charge in [0.2, 0.25) is 5.91 Å². The molecule has 0 unspecified atom stereocenters. The maximum absolute atomic E-state index is 14.0. The van der Waals surface area contributed by atoms with Crippen LogP contribution in [0, 0.1) is 5.82 Å². The van der Waals surface area contributed by atoms with Crippen LogP contribution in [0.2, 0.25) is 0 Å². The second-order valence-corrected chi connectivity index (χ2v) is 6.79. The Morgan fingerprint density at radius 2 is 1.83 bits per heavy atom. The summed E-state index contributed by atoms with van der Waals surface area (Å²) in [6.07, 6.45) is 1.55. The molecule has 1 aliphatic rings. The Balaban J connectivity index is 1.50. The van der Waals surface area contributed by atoms with Crippen LogP contribution in [0.3, 0.4) is 0 Å². The third-order valence-electron chi connectivity index (χ3n) is 4.76. The molecule has 0 radical (unpaired) electrons. The first-order valence-corrected chi connectivity index (χ1v) is 9.85. The van der Waals surface area contributed by atoms with Crippen LogP contribution in [0.4, 0.5) is 10.1 Å². The smallest absolute Gasteiger partial charge is 0.227 e. The lowest BCUT2D eigenvalue weighted by Gasteiger charge is -2.16. The minimum atomic E-state index is -0.370. The summed E-state index contributed by atoms with van der Waals surface area (Å²) in [6.45, 7) is 4.08. The van der Waals surface area contributed by atoms with E-state index in [0.29, 0.717) is 32.1 Å². The molecule has 2 aromatic carbocycles. The Hall–Kier alpha value is -3.09. The molecule has 154 valence electrons. The maximum atomic E-state index is 14.0. The number of carbonyl (C=O) groups is 1. The SMILES string of the molecule is CCOc1ccc(CNC(=NC)NCc2ccc(N3CCCC3=O)cc2)cc1F. The fraction of sp³-hybridized carbons (Fsp3) is 0.364. The van der Waals surface area contributed by atoms with Crippen LogP contribution in [0.5, 0.6) is 5.75 Å². The molecule has 1 amide bonds. The number of rotatable bonds is 7. The summed E-state index contributed by atoms with van der Waals surface area (Å²) in [5.74, 6) is 0.702. The zero-order valence-electron chi connectivity index (χ0n) is 16.9. The molecular weight excluding hydrogens is 371 g/mol. The molecule has 0 atom stereocenters. The average Bonchev–Trinajstić information content (AvgIpc) is 3.16. The van der Waals surface area contributed by atoms with Gasteiger partial charge in [-0.15, -0.1) is 0 Å². The van der Waals surface area contributed by atoms with E-state index in [0.717, 1.165) is 29.8 Å². The molecule has 0 aliphatic carbocycles. The van der Waals surface area contributed by atoms with E-state index in [4.69, 9.17) is 4.74 Å². The molecular formula is C22H27FN4O2. The van der Waals surface area contributed by atoms with E-state index >= 15 is 0 Å². The predicted molar refractivity (Wildman–Crippen MR) is 113 cm³/mol. The predicted octanol–water partition coefficient (Wildman–Crippen LogP) is 3.22. The average molecular weight is 398 g/mol. The van der Waals surface area contributed by atoms with E-state index in [-0.39, 0.29) is 17.5 Å². The van der Waals surface area contributed by atoms with Crippen LogP contribution in [-0.4, -0.2) is 32.1 Å². The first-order chi connectivity index (χ1) is 14.1. The second kappa shape index (κ2) is 9.91. The van der Waals surface area contributed by atoms with Crippen molar-refractivity contribution in [2.45, 2.75) is 32.9 Å². The molecule has 1 fully saturated rings. The van der Waals surface area contributed by atoms with Crippen LogP contribution >= 0.6 is 0 Å². The van der Waals surface area contributed by atoms with E-state index in [1.54, 1.807) is 13.1 Å². The monoisotopic (exact) mass is 398 g/mol. The molecule has 1 heterocycles. The molecule has 29 heavy (non-hydrogen) atoms. The molecule has 0 aromatic heterocycles. The van der Waals surface area contributed by atoms with Gasteiger partial charge in [-0.2, -0.15) is 0 Å². The number of hydrogen-bond donors (Lipinski definition) is 2. The largest absolute Gasteiger partial charge is 0.491 e. The second-order valence-electron chi connectivity index (χ2n) is 6.79. The number of nitrogens with zero attached hydrogens (tertiary/aromatic N) is 2. The number of guanidine groups is 1. The van der Waals surface area contributed by atoms with Crippen molar-refractivity contribution in [2.75, 3.05) is 25.1 Å². The molecule has 0 spiro atoms. The van der Waals surface area contributed by atoms with Crippen LogP contribution in [0.25, 0.3) is 0 Å². The van der Waals surface area contributed by atoms with Crippen LogP contribution in [0.15, 0.2) is 47.5 Å². The lowest BCUT2D eigenvalue weighted by atomic mass is 10.2. The van der Waals surface area contributed by atoms with E-state index in [1.807, 2.05) is 42.2 Å². The van der Waals surface area contributed by atoms with Gasteiger partial charge in [-0.05, 0) is 48.7 Å². The lowest BCUT2D eigenvalue weighted by molar-refractivity contribution is -0.117. The molecule has 7 heteroatoms. The van der Waals surface area contributed by atoms with Crippen LogP contribution < -0.4 is 20.3 Å². The van der Waals surface area contributed by atoms with Crippen molar-refractivity contribution in [1.29, 1.82) is 0 Å². The first kappa shape index (κ1) is 20.6. The highest BCUT2D eigenvalue weighted by Gasteiger charge is 2.21. The topological polar surface area (TPSA) is 66.0 Å². The summed E-state index contributed by atoms with van der Waals surface area (Å²) in [6, 6.07) is 12.9. The van der Waals surface area contributed by atoms with Gasteiger partial charge < -0.3 is 20.3 Å². The number of halogens is 1. The molecule has 2 N–H and O–H groups in total. The summed E-state index contributed by atoms with van der Waals surface area (Å²) in [5, 5.41) is 6.42. The maximum Gasteiger partial charge on any atom is 0.227 e. The third-order valence-corrected chi connectivity index (χ3v) is 4.76. The summed E-state index contributed by atoms with van der Waals surface area (Å²) in [5.41, 5.74) is 2.82. The fourth-order valence-electron chi connectivity index (χ4n) is 3.23. The number of benzene rings is 2. The Morgan fingerprint density at radius 3 is 2.41 bits per heavy atom. The minimum absolute atomic E-state index is 0.186. The number of nitrogens with one attached hydrogen (secondary N) is 2. The molecule has 0 bridgehead atoms. The van der Waals surface area contributed by atoms with Gasteiger partial charge in [0.25, 0.3) is 0 Å². The van der Waals surface area contributed by atoms with Crippen LogP contribution in [-0.2, 0) is 17.9 Å². The number of ether oxygens (including phenoxy) is 1. The zero-order valence-corrected chi connectivity index (χ0v) is 16.9. The quantitative estimate of drug-likeness (QED) is 0.555. The van der Waals surface area contributed by atoms with E-state index in [2.05, 4.69) is 15.6 Å². The summed E-state index contributed by atoms with van der Waals surface area (Å²) in [7, 11) is 1.69. The van der Waals surface area contributed by atoms with Crippen molar-refractivity contribution in [3.8, 4) is 5.75 Å². The number of anilines is 1. The van der Waals surface area contributed by atoms with Crippen molar-refractivity contribution in [1.82, 2.24) is 10.6 Å². The van der Waals surface area contributed by atoms with Gasteiger partial charge in [-0.1, -0.05) is 18.2 Å². The summed E-state index contributed by atoms with van der Waals surface area (Å²) < 4.78 is 19.2. The zero-order chi connectivity index (χ0) is 20.6. The standard InChI is InChI=1S/C22H27FN4O2/c1-3-29-20-11-8-17(13-19(20)23)15-26-22(24-2)25-14-16-6-9-18(10-7-16)27-12-4-5-21(27)28/h6-11,13H,3-5,12,14-15H2,1-2H3,(H2,24,25,26). The summed E-state index contributed by atoms with van der Waals surface area (Å²) in [4.78, 5) is 17.9. The number of amides is 1. The Kier molecular flexibility index (Phi) is 7.05. The Labute approximate surface area is 170 Å². The number of carbonyl (C=O) groups excluding carboxylic acids is 1. The lowest BCUT2D eigenvalue weighted by Crippen LogP contribution is -2.36. The molecule has 1 aliphatic heterocycles. The normalized spacial score (nSPS) is 14.2. The van der Waals surface area contributed by atoms with Gasteiger partial charge in [0.05, 0.1) is 6.61 Å². The van der Waals surface area contributed by atoms with Crippen LogP contribution in [0.1, 0.15) is 30.9 Å². The minimum Gasteiger partial charge on any atom is -0.491 e. The summed E-state index contributed by atoms with van der Waals surface area (Å²) >= 11 is 0. The Bertz CT molecular complexity index is 868. The molecule has 0 saturated carbocycles. The molecule has 6 nitrogen and oxygen atoms in total. The van der Waals surface area contributed by atoms with E-state index in [1.165, 1.54) is 6.07 Å². The van der Waals surface area contributed by atoms with Crippen molar-refractivity contribution >= 4 is 17.6 Å². The molecule has 2 aromatic rings. The van der Waals surface area contributed by atoms with Gasteiger partial charge in [-0.25, -0.2) is 4.39 Å². The van der Waals surface area contributed by atoms with Gasteiger partial charge in [0.15, 0.2) is 17.5 Å². The molecule has 3 rings (SSSR count). The number of hydrogen-bond acceptors (Lipinski definition) is 3. The van der Waals surface area contributed by atoms with Gasteiger partial charge in [0, 0.05) is 38.8 Å². The number of aliphatic imine (C=N–C) groups is 1. The van der Waals surface area contributed by atoms with Gasteiger partial charge in [0.1, 0.15) is 0 Å².